The topological polar surface area (TPSA) is 275 Å². The minimum absolute atomic E-state index is 0.0344. The number of aromatic nitrogens is 4. The van der Waals surface area contributed by atoms with Crippen molar-refractivity contribution in [3.05, 3.63) is 11.6 Å². The maximum atomic E-state index is 13.5. The summed E-state index contributed by atoms with van der Waals surface area (Å²) in [6.45, 7) is -0.525. The number of rotatable bonds is 9. The Labute approximate surface area is 249 Å². The Hall–Kier alpha value is -1.59. The Balaban J connectivity index is 1.20. The second-order valence-electron chi connectivity index (χ2n) is 12.6. The number of imidazole rings is 1. The van der Waals surface area contributed by atoms with Gasteiger partial charge in [-0.2, -0.15) is 9.97 Å². The number of amides is 1. The highest BCUT2D eigenvalue weighted by atomic mass is 35.5. The molecule has 0 aromatic carbocycles. The second-order valence-corrected chi connectivity index (χ2v) is 17.1. The first-order valence-electron chi connectivity index (χ1n) is 13.8. The van der Waals surface area contributed by atoms with Crippen molar-refractivity contribution in [2.24, 2.45) is 23.0 Å². The zero-order valence-electron chi connectivity index (χ0n) is 22.7. The van der Waals surface area contributed by atoms with Gasteiger partial charge in [-0.1, -0.05) is 0 Å². The number of hydrogen-bond donors (Lipinski definition) is 9. The van der Waals surface area contributed by atoms with Crippen molar-refractivity contribution in [1.29, 1.82) is 0 Å². The van der Waals surface area contributed by atoms with Crippen molar-refractivity contribution >= 4 is 49.6 Å². The molecule has 1 aliphatic heterocycles. The second kappa shape index (κ2) is 10.7. The van der Waals surface area contributed by atoms with Gasteiger partial charge in [-0.15, -0.1) is 0 Å². The number of halogens is 1. The summed E-state index contributed by atoms with van der Waals surface area (Å²) in [4.78, 5) is 53.8. The van der Waals surface area contributed by atoms with Crippen LogP contribution in [0.25, 0.3) is 11.2 Å². The molecule has 10 N–H and O–H groups in total. The van der Waals surface area contributed by atoms with Crippen LogP contribution in [0, 0.1) is 17.3 Å². The number of ether oxygens (including phenoxy) is 1. The smallest absolute Gasteiger partial charge is 0.336 e. The molecule has 17 nitrogen and oxygen atoms in total. The van der Waals surface area contributed by atoms with E-state index in [1.807, 2.05) is 0 Å². The molecular weight excluding hydrogens is 632 g/mol. The van der Waals surface area contributed by atoms with Crippen molar-refractivity contribution in [3.8, 4) is 0 Å². The molecule has 4 bridgehead atoms. The summed E-state index contributed by atoms with van der Waals surface area (Å²) in [5.41, 5.74) is 5.33. The van der Waals surface area contributed by atoms with Gasteiger partial charge in [-0.25, -0.2) is 10.1 Å². The summed E-state index contributed by atoms with van der Waals surface area (Å²) in [6, 6.07) is -0.924. The van der Waals surface area contributed by atoms with Crippen LogP contribution in [0.1, 0.15) is 44.8 Å². The van der Waals surface area contributed by atoms with Crippen molar-refractivity contribution in [1.82, 2.24) is 24.6 Å². The summed E-state index contributed by atoms with van der Waals surface area (Å²) in [5.74, 6) is -1.23. The predicted octanol–water partition coefficient (Wildman–Crippen LogP) is -0.394. The molecule has 3 heterocycles. The minimum Gasteiger partial charge on any atom is -0.390 e. The largest absolute Gasteiger partial charge is 0.390 e. The van der Waals surface area contributed by atoms with E-state index in [1.165, 1.54) is 10.9 Å². The number of hydrogen-bond acceptors (Lipinski definition) is 11. The van der Waals surface area contributed by atoms with Crippen molar-refractivity contribution in [2.45, 2.75) is 74.7 Å². The molecular formula is C23H34ClN7O10P2. The zero-order chi connectivity index (χ0) is 31.1. The third kappa shape index (κ3) is 6.03. The maximum absolute atomic E-state index is 13.5. The number of carbonyl (C=O) groups excluding carboxylic acids is 1. The molecule has 1 amide bonds. The van der Waals surface area contributed by atoms with Crippen molar-refractivity contribution < 1.29 is 48.7 Å². The van der Waals surface area contributed by atoms with Gasteiger partial charge in [0.25, 0.3) is 7.52 Å². The van der Waals surface area contributed by atoms with Gasteiger partial charge < -0.3 is 45.8 Å². The Bertz CT molecular complexity index is 1530. The molecule has 20 heteroatoms. The van der Waals surface area contributed by atoms with Crippen molar-refractivity contribution in [3.63, 3.8) is 0 Å². The molecule has 1 saturated heterocycles. The standard InChI is InChI=1S/C23H34ClN7O10P2/c24-21-29-17(28-19(34)16(25)22-2-10-1-11(3-22)5-23(35,4-10)7-22)13-18(30-21)31(8-26-13)20-15(33)14(32)12(41-20)6-27-42(36,37)9-43(38,39)40/h8,10-12,14-16,20,32-33,35H,1-7,9,25H2,(H2,27,36,37)(H2,38,39,40)(H,28,29,30,34)/t10-,11?,12?,14?,15?,16?,20?,22?,23?/m1/s1. The molecule has 7 rings (SSSR count). The van der Waals surface area contributed by atoms with Crippen molar-refractivity contribution in [2.75, 3.05) is 17.8 Å². The fraction of sp³-hybridized carbons (Fsp3) is 0.739. The Morgan fingerprint density at radius 2 is 1.84 bits per heavy atom. The SMILES string of the molecule is NC(C(=O)Nc1nc(Cl)nc2c1ncn2C1OC(CNP(=O)(O)CP(=O)(O)O)C(O)C1O)C12CC3C[C@@H](CC(O)(C3)C1)C2. The van der Waals surface area contributed by atoms with Gasteiger partial charge in [-0.05, 0) is 67.4 Å². The molecule has 43 heavy (non-hydrogen) atoms. The van der Waals surface area contributed by atoms with E-state index in [0.29, 0.717) is 18.3 Å². The van der Waals surface area contributed by atoms with E-state index in [9.17, 15) is 34.1 Å². The Morgan fingerprint density at radius 1 is 1.16 bits per heavy atom. The lowest BCUT2D eigenvalue weighted by Crippen LogP contribution is -2.63. The van der Waals surface area contributed by atoms with E-state index in [0.717, 1.165) is 32.1 Å². The van der Waals surface area contributed by atoms with Gasteiger partial charge in [0.1, 0.15) is 24.2 Å². The number of nitrogens with one attached hydrogen (secondary N) is 2. The lowest BCUT2D eigenvalue weighted by Gasteiger charge is -2.61. The lowest BCUT2D eigenvalue weighted by atomic mass is 9.46. The molecule has 0 spiro atoms. The molecule has 4 saturated carbocycles. The fourth-order valence-corrected chi connectivity index (χ4v) is 11.0. The number of aliphatic hydroxyl groups excluding tert-OH is 2. The lowest BCUT2D eigenvalue weighted by molar-refractivity contribution is -0.172. The molecule has 10 atom stereocenters. The van der Waals surface area contributed by atoms with E-state index < -0.39 is 75.1 Å². The van der Waals surface area contributed by atoms with Crippen LogP contribution >= 0.6 is 26.7 Å². The summed E-state index contributed by atoms with van der Waals surface area (Å²) in [7, 11) is -9.31. The highest BCUT2D eigenvalue weighted by Crippen LogP contribution is 2.62. The molecule has 238 valence electrons. The van der Waals surface area contributed by atoms with E-state index in [4.69, 9.17) is 31.9 Å². The predicted molar refractivity (Wildman–Crippen MR) is 150 cm³/mol. The third-order valence-electron chi connectivity index (χ3n) is 9.18. The van der Waals surface area contributed by atoms with Crippen LogP contribution < -0.4 is 16.1 Å². The highest BCUT2D eigenvalue weighted by molar-refractivity contribution is 7.71. The minimum atomic E-state index is -4.82. The maximum Gasteiger partial charge on any atom is 0.336 e. The highest BCUT2D eigenvalue weighted by Gasteiger charge is 2.60. The first-order valence-corrected chi connectivity index (χ1v) is 17.8. The van der Waals surface area contributed by atoms with Crippen LogP contribution in [-0.2, 0) is 18.7 Å². The average molecular weight is 666 g/mol. The van der Waals surface area contributed by atoms with Gasteiger partial charge in [0.05, 0.1) is 18.0 Å². The van der Waals surface area contributed by atoms with E-state index >= 15 is 0 Å². The number of nitrogens with zero attached hydrogens (tertiary/aromatic N) is 4. The van der Waals surface area contributed by atoms with Gasteiger partial charge in [0.15, 0.2) is 23.2 Å². The van der Waals surface area contributed by atoms with Crippen LogP contribution in [0.2, 0.25) is 5.28 Å². The van der Waals surface area contributed by atoms with E-state index in [1.54, 1.807) is 0 Å². The average Bonchev–Trinajstić information content (AvgIpc) is 3.40. The van der Waals surface area contributed by atoms with Gasteiger partial charge in [0, 0.05) is 6.54 Å². The van der Waals surface area contributed by atoms with Crippen LogP contribution in [-0.4, -0.2) is 97.8 Å². The number of aliphatic hydroxyl groups is 3. The Morgan fingerprint density at radius 3 is 2.47 bits per heavy atom. The summed E-state index contributed by atoms with van der Waals surface area (Å²) in [6.07, 6.45) is -0.0387. The molecule has 5 aliphatic rings. The monoisotopic (exact) mass is 665 g/mol. The van der Waals surface area contributed by atoms with Gasteiger partial charge >= 0.3 is 7.60 Å². The fourth-order valence-electron chi connectivity index (χ4n) is 7.94. The normalized spacial score (nSPS) is 37.5. The molecule has 0 radical (unpaired) electrons. The molecule has 9 unspecified atom stereocenters. The van der Waals surface area contributed by atoms with Crippen LogP contribution in [0.5, 0.6) is 0 Å². The quantitative estimate of drug-likeness (QED) is 0.122. The van der Waals surface area contributed by atoms with Gasteiger partial charge in [0.2, 0.25) is 11.2 Å². The first kappa shape index (κ1) is 31.4. The molecule has 4 aliphatic carbocycles. The van der Waals surface area contributed by atoms with E-state index in [2.05, 4.69) is 25.4 Å². The zero-order valence-corrected chi connectivity index (χ0v) is 25.3. The van der Waals surface area contributed by atoms with Crippen LogP contribution in [0.3, 0.4) is 0 Å². The third-order valence-corrected chi connectivity index (χ3v) is 13.0. The van der Waals surface area contributed by atoms with Crippen LogP contribution in [0.15, 0.2) is 6.33 Å². The Kier molecular flexibility index (Phi) is 7.85. The number of fused-ring (bicyclic) bond motifs is 1. The number of anilines is 1. The van der Waals surface area contributed by atoms with Gasteiger partial charge in [-0.3, -0.25) is 18.5 Å². The molecule has 5 fully saturated rings. The summed E-state index contributed by atoms with van der Waals surface area (Å²) >= 11 is 6.18. The molecule has 2 aromatic heterocycles. The first-order chi connectivity index (χ1) is 20.0. The molecule has 2 aromatic rings. The van der Waals surface area contributed by atoms with Crippen LogP contribution in [0.4, 0.5) is 5.82 Å². The summed E-state index contributed by atoms with van der Waals surface area (Å²) in [5, 5.41) is 36.9. The number of nitrogens with two attached hydrogens (primary N) is 1. The number of carbonyl (C=O) groups is 1. The van der Waals surface area contributed by atoms with E-state index in [-0.39, 0.29) is 22.3 Å². The summed E-state index contributed by atoms with van der Waals surface area (Å²) < 4.78 is 30.2.